The number of amides is 1. The summed E-state index contributed by atoms with van der Waals surface area (Å²) >= 11 is 1.15. The summed E-state index contributed by atoms with van der Waals surface area (Å²) in [6.07, 6.45) is 2.87. The van der Waals surface area contributed by atoms with Gasteiger partial charge in [0.05, 0.1) is 0 Å². The van der Waals surface area contributed by atoms with Crippen molar-refractivity contribution in [2.24, 2.45) is 11.1 Å². The van der Waals surface area contributed by atoms with Gasteiger partial charge in [-0.25, -0.2) is 9.78 Å². The second-order valence-corrected chi connectivity index (χ2v) is 9.73. The number of carbonyl (C=O) groups is 1. The third-order valence-corrected chi connectivity index (χ3v) is 5.29. The van der Waals surface area contributed by atoms with Gasteiger partial charge in [-0.3, -0.25) is 5.14 Å². The summed E-state index contributed by atoms with van der Waals surface area (Å²) in [4.78, 5) is 18.9. The molecule has 152 valence electrons. The van der Waals surface area contributed by atoms with Crippen LogP contribution in [0.4, 0.5) is 10.6 Å². The molecule has 1 saturated heterocycles. The quantitative estimate of drug-likeness (QED) is 0.683. The Morgan fingerprint density at radius 3 is 2.81 bits per heavy atom. The first kappa shape index (κ1) is 21.8. The van der Waals surface area contributed by atoms with Crippen molar-refractivity contribution in [3.05, 3.63) is 18.2 Å². The Bertz CT molecular complexity index is 645. The molecule has 0 radical (unpaired) electrons. The molecule has 0 saturated carbocycles. The van der Waals surface area contributed by atoms with Crippen LogP contribution in [0.1, 0.15) is 60.8 Å². The Labute approximate surface area is 167 Å². The summed E-state index contributed by atoms with van der Waals surface area (Å²) in [5.41, 5.74) is -0.634. The maximum atomic E-state index is 12.5. The van der Waals surface area contributed by atoms with Crippen molar-refractivity contribution < 1.29 is 9.53 Å². The molecule has 1 aliphatic heterocycles. The number of hydrogen-bond donors (Lipinski definition) is 2. The predicted octanol–water partition coefficient (Wildman–Crippen LogP) is 4.66. The molecule has 1 aromatic rings. The van der Waals surface area contributed by atoms with Gasteiger partial charge in [-0.1, -0.05) is 6.07 Å². The van der Waals surface area contributed by atoms with Gasteiger partial charge in [-0.05, 0) is 90.8 Å². The van der Waals surface area contributed by atoms with Crippen LogP contribution >= 0.6 is 11.9 Å². The van der Waals surface area contributed by atoms with E-state index in [9.17, 15) is 4.79 Å². The first-order valence-corrected chi connectivity index (χ1v) is 10.5. The van der Waals surface area contributed by atoms with Crippen LogP contribution in [0.5, 0.6) is 0 Å². The summed E-state index contributed by atoms with van der Waals surface area (Å²) in [5.74, 6) is 1.33. The van der Waals surface area contributed by atoms with Crippen molar-refractivity contribution in [2.45, 2.75) is 83.0 Å². The molecule has 1 amide bonds. The van der Waals surface area contributed by atoms with Crippen molar-refractivity contribution in [2.75, 3.05) is 11.9 Å². The highest BCUT2D eigenvalue weighted by atomic mass is 32.2. The molecule has 27 heavy (non-hydrogen) atoms. The van der Waals surface area contributed by atoms with E-state index in [4.69, 9.17) is 9.88 Å². The predicted molar refractivity (Wildman–Crippen MR) is 112 cm³/mol. The van der Waals surface area contributed by atoms with Crippen molar-refractivity contribution in [3.63, 3.8) is 0 Å². The second-order valence-electron chi connectivity index (χ2n) is 9.08. The van der Waals surface area contributed by atoms with Crippen LogP contribution in [0, 0.1) is 5.92 Å². The van der Waals surface area contributed by atoms with Gasteiger partial charge in [0.15, 0.2) is 0 Å². The summed E-state index contributed by atoms with van der Waals surface area (Å²) in [6.45, 7) is 12.9. The van der Waals surface area contributed by atoms with Gasteiger partial charge in [0.25, 0.3) is 0 Å². The topological polar surface area (TPSA) is 80.5 Å². The molecule has 2 atom stereocenters. The Morgan fingerprint density at radius 2 is 2.19 bits per heavy atom. The van der Waals surface area contributed by atoms with Crippen LogP contribution in [0.15, 0.2) is 23.2 Å². The van der Waals surface area contributed by atoms with Crippen LogP contribution in [0.25, 0.3) is 0 Å². The fraction of sp³-hybridized carbons (Fsp3) is 0.700. The molecule has 0 bridgehead atoms. The van der Waals surface area contributed by atoms with Crippen LogP contribution < -0.4 is 10.5 Å². The van der Waals surface area contributed by atoms with Crippen molar-refractivity contribution in [1.82, 2.24) is 9.88 Å². The van der Waals surface area contributed by atoms with Gasteiger partial charge in [0, 0.05) is 18.1 Å². The number of likely N-dealkylation sites (tertiary alicyclic amines) is 1. The molecule has 6 nitrogen and oxygen atoms in total. The molecule has 2 heterocycles. The molecule has 0 aliphatic carbocycles. The summed E-state index contributed by atoms with van der Waals surface area (Å²) < 4.78 is 5.59. The third-order valence-electron chi connectivity index (χ3n) is 4.82. The molecule has 1 fully saturated rings. The molecule has 1 aromatic heterocycles. The SMILES string of the molecule is CC(CCC1CN(C(=O)OC(C)(C)C)C(C)(C)C1)Nc1cccc(SN)n1. The van der Waals surface area contributed by atoms with E-state index in [1.165, 1.54) is 0 Å². The Balaban J connectivity index is 1.86. The van der Waals surface area contributed by atoms with Gasteiger partial charge < -0.3 is 15.0 Å². The van der Waals surface area contributed by atoms with E-state index >= 15 is 0 Å². The number of nitrogens with two attached hydrogens (primary N) is 1. The Hall–Kier alpha value is -1.47. The summed E-state index contributed by atoms with van der Waals surface area (Å²) in [7, 11) is 0. The van der Waals surface area contributed by atoms with Crippen molar-refractivity contribution in [3.8, 4) is 0 Å². The lowest BCUT2D eigenvalue weighted by atomic mass is 9.92. The van der Waals surface area contributed by atoms with Gasteiger partial charge >= 0.3 is 6.09 Å². The maximum Gasteiger partial charge on any atom is 0.410 e. The van der Waals surface area contributed by atoms with Crippen LogP contribution in [-0.4, -0.2) is 39.7 Å². The van der Waals surface area contributed by atoms with Gasteiger partial charge in [0.1, 0.15) is 16.4 Å². The normalized spacial score (nSPS) is 20.4. The molecular weight excluding hydrogens is 360 g/mol. The highest BCUT2D eigenvalue weighted by Gasteiger charge is 2.42. The number of carbonyl (C=O) groups excluding carboxylic acids is 1. The first-order valence-electron chi connectivity index (χ1n) is 9.61. The number of pyridine rings is 1. The summed E-state index contributed by atoms with van der Waals surface area (Å²) in [6, 6.07) is 6.11. The van der Waals surface area contributed by atoms with E-state index in [1.54, 1.807) is 0 Å². The largest absolute Gasteiger partial charge is 0.444 e. The number of rotatable bonds is 6. The lowest BCUT2D eigenvalue weighted by Crippen LogP contribution is -2.45. The molecule has 2 rings (SSSR count). The highest BCUT2D eigenvalue weighted by molar-refractivity contribution is 7.97. The number of hydrogen-bond acceptors (Lipinski definition) is 6. The first-order chi connectivity index (χ1) is 12.5. The van der Waals surface area contributed by atoms with E-state index in [2.05, 4.69) is 31.1 Å². The second kappa shape index (κ2) is 8.69. The average molecular weight is 395 g/mol. The smallest absolute Gasteiger partial charge is 0.410 e. The lowest BCUT2D eigenvalue weighted by molar-refractivity contribution is 0.0131. The van der Waals surface area contributed by atoms with E-state index in [0.29, 0.717) is 12.0 Å². The van der Waals surface area contributed by atoms with Crippen LogP contribution in [-0.2, 0) is 4.74 Å². The molecule has 3 N–H and O–H groups in total. The van der Waals surface area contributed by atoms with E-state index in [-0.39, 0.29) is 11.6 Å². The number of nitrogens with one attached hydrogen (secondary N) is 1. The van der Waals surface area contributed by atoms with Gasteiger partial charge in [-0.15, -0.1) is 0 Å². The zero-order chi connectivity index (χ0) is 20.2. The lowest BCUT2D eigenvalue weighted by Gasteiger charge is -2.33. The molecule has 0 aromatic carbocycles. The average Bonchev–Trinajstić information content (AvgIpc) is 2.86. The third kappa shape index (κ3) is 6.57. The van der Waals surface area contributed by atoms with Crippen LogP contribution in [0.3, 0.4) is 0 Å². The fourth-order valence-electron chi connectivity index (χ4n) is 3.59. The number of ether oxygens (including phenoxy) is 1. The minimum absolute atomic E-state index is 0.169. The molecule has 2 unspecified atom stereocenters. The van der Waals surface area contributed by atoms with E-state index < -0.39 is 5.60 Å². The summed E-state index contributed by atoms with van der Waals surface area (Å²) in [5, 5.41) is 9.82. The molecule has 7 heteroatoms. The van der Waals surface area contributed by atoms with Crippen LogP contribution in [0.2, 0.25) is 0 Å². The molecule has 1 aliphatic rings. The monoisotopic (exact) mass is 394 g/mol. The highest BCUT2D eigenvalue weighted by Crippen LogP contribution is 2.36. The Morgan fingerprint density at radius 1 is 1.48 bits per heavy atom. The van der Waals surface area contributed by atoms with Crippen molar-refractivity contribution in [1.29, 1.82) is 0 Å². The molecule has 0 spiro atoms. The Kier molecular flexibility index (Phi) is 7.03. The zero-order valence-electron chi connectivity index (χ0n) is 17.4. The van der Waals surface area contributed by atoms with Gasteiger partial charge in [-0.2, -0.15) is 0 Å². The number of aromatic nitrogens is 1. The number of anilines is 1. The van der Waals surface area contributed by atoms with E-state index in [0.717, 1.165) is 48.6 Å². The van der Waals surface area contributed by atoms with Gasteiger partial charge in [0.2, 0.25) is 0 Å². The minimum atomic E-state index is -0.465. The van der Waals surface area contributed by atoms with E-state index in [1.807, 2.05) is 43.9 Å². The van der Waals surface area contributed by atoms with Crippen molar-refractivity contribution >= 4 is 23.9 Å². The maximum absolute atomic E-state index is 12.5. The number of nitrogens with zero attached hydrogens (tertiary/aromatic N) is 2. The fourth-order valence-corrected chi connectivity index (χ4v) is 3.90. The standard InChI is InChI=1S/C20H34N4O2S/c1-14(22-16-8-7-9-17(23-16)27-21)10-11-15-12-20(5,6)24(13-15)18(25)26-19(2,3)4/h7-9,14-15H,10-13,21H2,1-6H3,(H,22,23). The minimum Gasteiger partial charge on any atom is -0.444 e. The zero-order valence-corrected chi connectivity index (χ0v) is 18.2. The molecular formula is C20H34N4O2S.